The van der Waals surface area contributed by atoms with E-state index in [2.05, 4.69) is 13.8 Å². The van der Waals surface area contributed by atoms with Crippen LogP contribution in [0.4, 0.5) is 0 Å². The zero-order valence-electron chi connectivity index (χ0n) is 10.4. The fourth-order valence-corrected chi connectivity index (χ4v) is 4.95. The zero-order valence-corrected chi connectivity index (χ0v) is 10.4. The van der Waals surface area contributed by atoms with E-state index < -0.39 is 0 Å². The van der Waals surface area contributed by atoms with Crippen LogP contribution in [0, 0.1) is 35.5 Å². The highest BCUT2D eigenvalue weighted by atomic mass is 14.6. The van der Waals surface area contributed by atoms with Crippen LogP contribution in [0.2, 0.25) is 0 Å². The molecule has 0 heterocycles. The van der Waals surface area contributed by atoms with Crippen molar-refractivity contribution in [2.24, 2.45) is 35.5 Å². The summed E-state index contributed by atoms with van der Waals surface area (Å²) in [4.78, 5) is 0. The first kappa shape index (κ1) is 10.2. The zero-order chi connectivity index (χ0) is 10.4. The second-order valence-corrected chi connectivity index (χ2v) is 6.63. The molecule has 3 aliphatic carbocycles. The molecule has 0 aliphatic heterocycles. The first-order valence-electron chi connectivity index (χ1n) is 7.29. The van der Waals surface area contributed by atoms with Crippen molar-refractivity contribution in [3.63, 3.8) is 0 Å². The summed E-state index contributed by atoms with van der Waals surface area (Å²) < 4.78 is 0. The predicted molar refractivity (Wildman–Crippen MR) is 64.6 cm³/mol. The third-order valence-corrected chi connectivity index (χ3v) is 6.10. The van der Waals surface area contributed by atoms with Crippen molar-refractivity contribution >= 4 is 0 Å². The highest BCUT2D eigenvalue weighted by Crippen LogP contribution is 2.59. The van der Waals surface area contributed by atoms with E-state index in [-0.39, 0.29) is 0 Å². The molecule has 0 aromatic carbocycles. The summed E-state index contributed by atoms with van der Waals surface area (Å²) in [5.41, 5.74) is 0. The van der Waals surface area contributed by atoms with Gasteiger partial charge in [-0.2, -0.15) is 0 Å². The SMILES string of the molecule is CCC1CCC(C2CC3C(C)CCC32)C1. The molecule has 3 fully saturated rings. The van der Waals surface area contributed by atoms with Gasteiger partial charge in [-0.05, 0) is 61.2 Å². The Labute approximate surface area is 94.8 Å². The molecule has 3 saturated carbocycles. The summed E-state index contributed by atoms with van der Waals surface area (Å²) in [6, 6.07) is 0. The normalized spacial score (nSPS) is 54.0. The average molecular weight is 206 g/mol. The van der Waals surface area contributed by atoms with E-state index >= 15 is 0 Å². The van der Waals surface area contributed by atoms with Gasteiger partial charge >= 0.3 is 0 Å². The van der Waals surface area contributed by atoms with Gasteiger partial charge in [0, 0.05) is 0 Å². The largest absolute Gasteiger partial charge is 0.0651 e. The molecule has 6 atom stereocenters. The van der Waals surface area contributed by atoms with Crippen LogP contribution in [0.25, 0.3) is 0 Å². The lowest BCUT2D eigenvalue weighted by atomic mass is 9.59. The van der Waals surface area contributed by atoms with Crippen molar-refractivity contribution in [1.82, 2.24) is 0 Å². The number of hydrogen-bond acceptors (Lipinski definition) is 0. The van der Waals surface area contributed by atoms with Crippen LogP contribution >= 0.6 is 0 Å². The first-order chi connectivity index (χ1) is 7.29. The van der Waals surface area contributed by atoms with Crippen molar-refractivity contribution in [3.8, 4) is 0 Å². The van der Waals surface area contributed by atoms with Gasteiger partial charge in [-0.1, -0.05) is 33.1 Å². The molecule has 0 aromatic rings. The Morgan fingerprint density at radius 3 is 2.40 bits per heavy atom. The lowest BCUT2D eigenvalue weighted by Crippen LogP contribution is -2.39. The molecule has 3 rings (SSSR count). The molecule has 0 heteroatoms. The van der Waals surface area contributed by atoms with Crippen molar-refractivity contribution in [2.45, 2.75) is 58.8 Å². The second-order valence-electron chi connectivity index (χ2n) is 6.63. The minimum absolute atomic E-state index is 1.06. The smallest absolute Gasteiger partial charge is 0.0352 e. The summed E-state index contributed by atoms with van der Waals surface area (Å²) in [6.45, 7) is 4.87. The van der Waals surface area contributed by atoms with Gasteiger partial charge in [-0.3, -0.25) is 0 Å². The predicted octanol–water partition coefficient (Wildman–Crippen LogP) is 4.49. The molecule has 0 amide bonds. The van der Waals surface area contributed by atoms with E-state index in [9.17, 15) is 0 Å². The molecule has 0 aromatic heterocycles. The van der Waals surface area contributed by atoms with E-state index in [4.69, 9.17) is 0 Å². The first-order valence-corrected chi connectivity index (χ1v) is 7.29. The molecule has 0 spiro atoms. The van der Waals surface area contributed by atoms with Crippen LogP contribution in [0.3, 0.4) is 0 Å². The minimum Gasteiger partial charge on any atom is -0.0651 e. The van der Waals surface area contributed by atoms with Crippen molar-refractivity contribution in [1.29, 1.82) is 0 Å². The Balaban J connectivity index is 1.58. The molecule has 0 saturated heterocycles. The molecule has 86 valence electrons. The Morgan fingerprint density at radius 1 is 0.867 bits per heavy atom. The van der Waals surface area contributed by atoms with Crippen molar-refractivity contribution in [3.05, 3.63) is 0 Å². The molecule has 3 aliphatic rings. The van der Waals surface area contributed by atoms with Crippen molar-refractivity contribution in [2.75, 3.05) is 0 Å². The Kier molecular flexibility index (Phi) is 2.57. The lowest BCUT2D eigenvalue weighted by Gasteiger charge is -2.46. The van der Waals surface area contributed by atoms with E-state index in [1.54, 1.807) is 32.1 Å². The maximum atomic E-state index is 2.49. The van der Waals surface area contributed by atoms with Crippen LogP contribution < -0.4 is 0 Å². The number of rotatable bonds is 2. The third kappa shape index (κ3) is 1.56. The molecule has 0 nitrogen and oxygen atoms in total. The van der Waals surface area contributed by atoms with E-state index in [0.29, 0.717) is 0 Å². The molecular weight excluding hydrogens is 180 g/mol. The van der Waals surface area contributed by atoms with Crippen LogP contribution in [-0.4, -0.2) is 0 Å². The molecule has 0 bridgehead atoms. The Bertz CT molecular complexity index is 232. The number of fused-ring (bicyclic) bond motifs is 1. The van der Waals surface area contributed by atoms with Gasteiger partial charge in [0.1, 0.15) is 0 Å². The van der Waals surface area contributed by atoms with Crippen LogP contribution in [0.15, 0.2) is 0 Å². The minimum atomic E-state index is 1.06. The van der Waals surface area contributed by atoms with Gasteiger partial charge in [-0.25, -0.2) is 0 Å². The molecule has 15 heavy (non-hydrogen) atoms. The topological polar surface area (TPSA) is 0 Å². The second kappa shape index (κ2) is 3.79. The summed E-state index contributed by atoms with van der Waals surface area (Å²) in [7, 11) is 0. The lowest BCUT2D eigenvalue weighted by molar-refractivity contribution is 0.0305. The monoisotopic (exact) mass is 206 g/mol. The van der Waals surface area contributed by atoms with Crippen LogP contribution in [0.1, 0.15) is 58.8 Å². The highest BCUT2D eigenvalue weighted by molar-refractivity contribution is 5.00. The van der Waals surface area contributed by atoms with Gasteiger partial charge < -0.3 is 0 Å². The quantitative estimate of drug-likeness (QED) is 0.624. The fourth-order valence-electron chi connectivity index (χ4n) is 4.95. The number of hydrogen-bond donors (Lipinski definition) is 0. The molecular formula is C15H26. The maximum absolute atomic E-state index is 2.49. The summed E-state index contributed by atoms with van der Waals surface area (Å²) >= 11 is 0. The highest BCUT2D eigenvalue weighted by Gasteiger charge is 2.50. The molecule has 0 N–H and O–H groups in total. The summed E-state index contributed by atoms with van der Waals surface area (Å²) in [5.74, 6) is 6.77. The standard InChI is InChI=1S/C15H26/c1-3-11-5-6-12(8-11)15-9-14-10(2)4-7-13(14)15/h10-15H,3-9H2,1-2H3. The van der Waals surface area contributed by atoms with Crippen LogP contribution in [0.5, 0.6) is 0 Å². The van der Waals surface area contributed by atoms with Gasteiger partial charge in [0.05, 0.1) is 0 Å². The van der Waals surface area contributed by atoms with E-state index in [1.807, 2.05) is 0 Å². The van der Waals surface area contributed by atoms with Gasteiger partial charge in [0.15, 0.2) is 0 Å². The van der Waals surface area contributed by atoms with E-state index in [1.165, 1.54) is 18.8 Å². The van der Waals surface area contributed by atoms with Gasteiger partial charge in [-0.15, -0.1) is 0 Å². The van der Waals surface area contributed by atoms with Crippen LogP contribution in [-0.2, 0) is 0 Å². The summed E-state index contributed by atoms with van der Waals surface area (Å²) in [5, 5.41) is 0. The molecule has 0 radical (unpaired) electrons. The Morgan fingerprint density at radius 2 is 1.73 bits per heavy atom. The third-order valence-electron chi connectivity index (χ3n) is 6.10. The summed E-state index contributed by atoms with van der Waals surface area (Å²) in [6.07, 6.45) is 10.9. The Hall–Kier alpha value is 0. The van der Waals surface area contributed by atoms with Crippen molar-refractivity contribution < 1.29 is 0 Å². The maximum Gasteiger partial charge on any atom is -0.0352 e. The molecule has 6 unspecified atom stereocenters. The fraction of sp³-hybridized carbons (Fsp3) is 1.00. The van der Waals surface area contributed by atoms with Gasteiger partial charge in [0.25, 0.3) is 0 Å². The average Bonchev–Trinajstić information content (AvgIpc) is 2.74. The van der Waals surface area contributed by atoms with Gasteiger partial charge in [0.2, 0.25) is 0 Å². The van der Waals surface area contributed by atoms with E-state index in [0.717, 1.165) is 29.6 Å².